The van der Waals surface area contributed by atoms with Crippen molar-refractivity contribution in [1.82, 2.24) is 36.1 Å². The van der Waals surface area contributed by atoms with Gasteiger partial charge < -0.3 is 75.3 Å². The summed E-state index contributed by atoms with van der Waals surface area (Å²) in [4.78, 5) is 223. The lowest BCUT2D eigenvalue weighted by atomic mass is 9.34. The van der Waals surface area contributed by atoms with Crippen LogP contribution >= 0.6 is 85.1 Å². The Morgan fingerprint density at radius 1 is 0.445 bits per heavy atom. The maximum atomic E-state index is 14.9. The molecule has 12 unspecified atom stereocenters. The fourth-order valence-electron chi connectivity index (χ4n) is 23.8. The van der Waals surface area contributed by atoms with Crippen LogP contribution in [0.4, 0.5) is 34.1 Å². The molecular weight excluding hydrogens is 2030 g/mol. The quantitative estimate of drug-likeness (QED) is 0.00751. The summed E-state index contributed by atoms with van der Waals surface area (Å²) in [7, 11) is -7.92. The average molecular weight is 2160 g/mol. The number of amides is 14. The summed E-state index contributed by atoms with van der Waals surface area (Å²) in [5.74, 6) is -3.96. The second-order valence-electron chi connectivity index (χ2n) is 42.0. The zero-order valence-corrected chi connectivity index (χ0v) is 89.7. The Hall–Kier alpha value is -10.3. The number of nitrogens with one attached hydrogen (secondary N) is 7. The molecule has 20 rings (SSSR count). The average Bonchev–Trinajstić information content (AvgIpc) is 1.13. The molecule has 1 aromatic heterocycles. The largest absolute Gasteiger partial charge is 0.424 e. The third-order valence-electron chi connectivity index (χ3n) is 30.9. The summed E-state index contributed by atoms with van der Waals surface area (Å²) < 4.78 is 36.1. The van der Waals surface area contributed by atoms with Crippen LogP contribution in [0.25, 0.3) is 43.2 Å². The van der Waals surface area contributed by atoms with Crippen molar-refractivity contribution in [3.05, 3.63) is 131 Å². The maximum absolute atomic E-state index is 14.9. The molecule has 2 saturated heterocycles. The molecule has 0 spiro atoms. The molecule has 0 radical (unpaired) electrons. The molecule has 12 aliphatic rings. The number of carbonyl (C=O) groups excluding carboxylic acids is 14. The number of imide groups is 2. The summed E-state index contributed by atoms with van der Waals surface area (Å²) in [6, 6.07) is 25.5. The van der Waals surface area contributed by atoms with Crippen LogP contribution in [0, 0.1) is 40.4 Å². The first-order valence-corrected chi connectivity index (χ1v) is 58.5. The number of rotatable bonds is 38. The standard InChI is InChI=1S/C53H61Cl2N6O10PS.C52H62Cl2N7O10PS/c1-29(2)46(58-42(62)17-7-6-12-18-59-43(63)21-41(73-5)49(59)66)48(65)56-30(3)47(64)57-37-19-38-44(35-15-10-8-13-33(35)37)31(22-54)24-60(38)50(67)52-26-53(27-52,28-52)51(68)61-25-32(23-55)45-36-16-11-9-14-34(36)40(20-39(45)61)71-72(4,69)70;1-27(2)44(58-39(62)14-8-7-11-15-59-40(63)18-38(73-6)48(59)66)47(65)56-29(4)46(64)57-34-16-35-42(33-13-10-9-12-32(33)34)30(19-53)22-60(35)49(67)51-24-52(25-51,26-51)50(68)61-23-31(20-54)43-36(61)17-37(71-72(5,69)70)45-41(43)28(3)21-55-45/h8-11,13-16,19-20,29-32,41,46H,6-7,12,17-18,21-28H2,1-5H3,(H,56,65)(H,57,64)(H,58,62)(H,69,70);9-10,12-13,16-17,21,27,29-31,38,44,55H,7-8,11,14-15,18-20,22-26H2,1-6H3,(H,56,65)(H,57,64)(H,58,62)(H,69,70). The minimum absolute atomic E-state index is 0.116. The van der Waals surface area contributed by atoms with Crippen LogP contribution in [-0.4, -0.2) is 231 Å². The van der Waals surface area contributed by atoms with Crippen LogP contribution in [0.5, 0.6) is 11.5 Å². The van der Waals surface area contributed by atoms with Crippen LogP contribution in [-0.2, 0) is 76.3 Å². The molecule has 4 bridgehead atoms. The normalized spacial score (nSPS) is 24.4. The summed E-state index contributed by atoms with van der Waals surface area (Å²) in [5.41, 5.74) is 5.13. The monoisotopic (exact) mass is 2150 g/mol. The number of alkyl halides is 4. The van der Waals surface area contributed by atoms with Crippen molar-refractivity contribution in [2.45, 2.75) is 210 Å². The lowest BCUT2D eigenvalue weighted by Crippen LogP contribution is -2.73. The van der Waals surface area contributed by atoms with E-state index < -0.39 is 84.6 Å². The number of thioether (sulfide) groups is 2. The number of hydrogen-bond acceptors (Lipinski definition) is 20. The van der Waals surface area contributed by atoms with Gasteiger partial charge in [-0.2, -0.15) is 23.5 Å². The predicted molar refractivity (Wildman–Crippen MR) is 569 cm³/mol. The van der Waals surface area contributed by atoms with Gasteiger partial charge in [0.2, 0.25) is 82.7 Å². The number of aromatic amines is 1. The van der Waals surface area contributed by atoms with Gasteiger partial charge in [-0.3, -0.25) is 76.9 Å². The van der Waals surface area contributed by atoms with Crippen molar-refractivity contribution in [2.24, 2.45) is 33.5 Å². The predicted octanol–water partition coefficient (Wildman–Crippen LogP) is 15.7. The SMILES string of the molecule is CSC1CC(=O)N(CCCCCC(=O)NC(C(=O)NC(C)C(=O)Nc2cc3c(c4ccccc24)C(CCl)CN3C(=O)C23CC(C(=O)N4CC(CCl)c5c4cc(OP(C)(=O)O)c4[nH]cc(C)c54)(C2)C3)C(C)C)C1=O.CSC1CC(=O)N(CCCCCC(=O)NC(C(=O)NC(C)C(=O)Nc2cc3c(c4ccccc24)C(CCl)CN3C(=O)C23CC(C(=O)N4CC(CCl)c5c4cc(OP(C)(=O)O)c4ccccc54)(C2)C3)C(C)C)C1=O. The molecule has 6 aliphatic heterocycles. The Kier molecular flexibility index (Phi) is 31.0. The molecule has 33 nitrogen and oxygen atoms in total. The van der Waals surface area contributed by atoms with Gasteiger partial charge in [0.25, 0.3) is 0 Å². The van der Waals surface area contributed by atoms with Crippen LogP contribution in [0.3, 0.4) is 0 Å². The Morgan fingerprint density at radius 2 is 0.767 bits per heavy atom. The van der Waals surface area contributed by atoms with Crippen LogP contribution in [0.15, 0.2) is 103 Å². The van der Waals surface area contributed by atoms with Crippen LogP contribution in [0.2, 0.25) is 0 Å². The van der Waals surface area contributed by atoms with E-state index >= 15 is 0 Å². The van der Waals surface area contributed by atoms with Crippen molar-refractivity contribution in [3.63, 3.8) is 0 Å². The van der Waals surface area contributed by atoms with Gasteiger partial charge in [-0.1, -0.05) is 113 Å². The Bertz CT molecular complexity index is 6770. The van der Waals surface area contributed by atoms with Gasteiger partial charge in [0.1, 0.15) is 29.9 Å². The first-order valence-electron chi connectivity index (χ1n) is 49.8. The number of hydrogen-bond donors (Lipinski definition) is 9. The van der Waals surface area contributed by atoms with E-state index in [-0.39, 0.29) is 166 Å². The number of aromatic nitrogens is 1. The van der Waals surface area contributed by atoms with E-state index in [1.807, 2.05) is 92.2 Å². The molecule has 778 valence electrons. The third kappa shape index (κ3) is 20.2. The minimum atomic E-state index is -3.97. The second-order valence-corrected chi connectivity index (χ2v) is 48.9. The van der Waals surface area contributed by atoms with Gasteiger partial charge in [0, 0.05) is 177 Å². The number of anilines is 6. The zero-order chi connectivity index (χ0) is 105. The number of aryl methyl sites for hydroxylation is 1. The topological polar surface area (TPSA) is 439 Å². The molecule has 146 heavy (non-hydrogen) atoms. The van der Waals surface area contributed by atoms with E-state index in [4.69, 9.17) is 55.5 Å². The summed E-state index contributed by atoms with van der Waals surface area (Å²) in [6.07, 6.45) is 11.6. The molecular formula is C105H123Cl4N13O20P2S2. The fraction of sp³-hybridized carbons (Fsp3) is 0.505. The molecule has 8 fully saturated rings. The highest BCUT2D eigenvalue weighted by Crippen LogP contribution is 2.77. The van der Waals surface area contributed by atoms with E-state index in [2.05, 4.69) is 36.9 Å². The molecule has 14 amide bonds. The molecule has 7 aromatic carbocycles. The number of halogens is 4. The molecule has 12 atom stereocenters. The van der Waals surface area contributed by atoms with Gasteiger partial charge in [-0.05, 0) is 165 Å². The first-order chi connectivity index (χ1) is 69.4. The molecule has 8 aromatic rings. The minimum Gasteiger partial charge on any atom is -0.424 e. The van der Waals surface area contributed by atoms with E-state index in [9.17, 15) is 86.0 Å². The fourth-order valence-corrected chi connectivity index (χ4v) is 27.1. The van der Waals surface area contributed by atoms with Crippen molar-refractivity contribution in [3.8, 4) is 11.5 Å². The lowest BCUT2D eigenvalue weighted by molar-refractivity contribution is -0.205. The number of H-pyrrole nitrogens is 1. The number of carbonyl (C=O) groups is 14. The zero-order valence-electron chi connectivity index (χ0n) is 83.3. The summed E-state index contributed by atoms with van der Waals surface area (Å²) in [6.45, 7) is 16.3. The highest BCUT2D eigenvalue weighted by molar-refractivity contribution is 8.00. The Morgan fingerprint density at radius 3 is 1.11 bits per heavy atom. The molecule has 41 heteroatoms. The lowest BCUT2D eigenvalue weighted by Gasteiger charge is -2.69. The summed E-state index contributed by atoms with van der Waals surface area (Å²) in [5, 5.41) is 21.9. The number of likely N-dealkylation sites (tertiary alicyclic amines) is 2. The smallest absolute Gasteiger partial charge is 0.373 e. The third-order valence-corrected chi connectivity index (χ3v) is 35.4. The van der Waals surface area contributed by atoms with E-state index in [1.165, 1.54) is 33.3 Å². The van der Waals surface area contributed by atoms with Gasteiger partial charge in [-0.25, -0.2) is 9.13 Å². The van der Waals surface area contributed by atoms with E-state index in [0.717, 1.165) is 73.5 Å². The number of nitrogens with zero attached hydrogens (tertiary/aromatic N) is 6. The molecule has 9 N–H and O–H groups in total. The first kappa shape index (κ1) is 107. The van der Waals surface area contributed by atoms with Crippen LogP contribution < -0.4 is 60.5 Å². The highest BCUT2D eigenvalue weighted by Gasteiger charge is 2.78. The molecule has 6 saturated carbocycles. The second kappa shape index (κ2) is 42.2. The van der Waals surface area contributed by atoms with Crippen LogP contribution in [0.1, 0.15) is 196 Å². The highest BCUT2D eigenvalue weighted by atomic mass is 35.5. The number of benzene rings is 7. The Balaban J connectivity index is 0.000000200. The van der Waals surface area contributed by atoms with Crippen molar-refractivity contribution in [1.29, 1.82) is 0 Å². The Labute approximate surface area is 874 Å². The number of fused-ring (bicyclic) bond motifs is 12. The maximum Gasteiger partial charge on any atom is 0.373 e. The van der Waals surface area contributed by atoms with E-state index in [0.29, 0.717) is 161 Å². The van der Waals surface area contributed by atoms with Crippen molar-refractivity contribution < 1.29 is 95.1 Å². The summed E-state index contributed by atoms with van der Waals surface area (Å²) >= 11 is 29.1. The molecule has 6 aliphatic carbocycles. The van der Waals surface area contributed by atoms with Crippen molar-refractivity contribution in [2.75, 3.05) is 119 Å². The van der Waals surface area contributed by atoms with Gasteiger partial charge >= 0.3 is 15.2 Å². The van der Waals surface area contributed by atoms with Gasteiger partial charge in [0.15, 0.2) is 5.75 Å². The van der Waals surface area contributed by atoms with Crippen molar-refractivity contribution >= 4 is 245 Å². The van der Waals surface area contributed by atoms with Gasteiger partial charge in [0.05, 0.1) is 60.4 Å². The van der Waals surface area contributed by atoms with E-state index in [1.54, 1.807) is 91.6 Å². The molecule has 7 heterocycles. The number of unbranched alkanes of at least 4 members (excludes halogenated alkanes) is 4. The van der Waals surface area contributed by atoms with Gasteiger partial charge in [-0.15, -0.1) is 46.4 Å².